The largest absolute Gasteiger partial charge is 0.352 e. The number of anilines is 1. The number of aromatic nitrogens is 1. The lowest BCUT2D eigenvalue weighted by atomic mass is 10.1. The molecule has 0 fully saturated rings. The summed E-state index contributed by atoms with van der Waals surface area (Å²) in [5.41, 5.74) is 2.30. The van der Waals surface area contributed by atoms with Crippen LogP contribution in [0.2, 0.25) is 0 Å². The SMILES string of the molecule is CCC(=O)Nc1nc2ccc(CCC(=O)NCc3ccccc3F)cc2s1. The highest BCUT2D eigenvalue weighted by atomic mass is 32.1. The highest BCUT2D eigenvalue weighted by Crippen LogP contribution is 2.27. The first-order chi connectivity index (χ1) is 13.0. The number of carbonyl (C=O) groups is 2. The van der Waals surface area contributed by atoms with Crippen LogP contribution in [-0.4, -0.2) is 16.8 Å². The monoisotopic (exact) mass is 385 g/mol. The first kappa shape index (κ1) is 19.0. The normalized spacial score (nSPS) is 10.7. The second-order valence-electron chi connectivity index (χ2n) is 6.09. The zero-order chi connectivity index (χ0) is 19.2. The molecule has 7 heteroatoms. The molecule has 0 aliphatic heterocycles. The minimum Gasteiger partial charge on any atom is -0.352 e. The Morgan fingerprint density at radius 2 is 1.96 bits per heavy atom. The lowest BCUT2D eigenvalue weighted by Gasteiger charge is -2.06. The van der Waals surface area contributed by atoms with Crippen molar-refractivity contribution in [3.63, 3.8) is 0 Å². The van der Waals surface area contributed by atoms with Gasteiger partial charge in [-0.05, 0) is 30.2 Å². The number of nitrogens with zero attached hydrogens (tertiary/aromatic N) is 1. The van der Waals surface area contributed by atoms with E-state index in [1.165, 1.54) is 17.4 Å². The van der Waals surface area contributed by atoms with Gasteiger partial charge in [0.05, 0.1) is 10.2 Å². The molecular weight excluding hydrogens is 365 g/mol. The Labute approximate surface area is 160 Å². The summed E-state index contributed by atoms with van der Waals surface area (Å²) < 4.78 is 14.5. The first-order valence-corrected chi connectivity index (χ1v) is 9.56. The number of nitrogens with one attached hydrogen (secondary N) is 2. The molecule has 0 unspecified atom stereocenters. The molecule has 2 amide bonds. The molecule has 0 spiro atoms. The van der Waals surface area contributed by atoms with E-state index in [2.05, 4.69) is 15.6 Å². The number of thiazole rings is 1. The van der Waals surface area contributed by atoms with Crippen molar-refractivity contribution >= 4 is 38.5 Å². The Balaban J connectivity index is 1.55. The lowest BCUT2D eigenvalue weighted by molar-refractivity contribution is -0.121. The molecule has 2 aromatic carbocycles. The van der Waals surface area contributed by atoms with E-state index in [1.54, 1.807) is 25.1 Å². The van der Waals surface area contributed by atoms with Crippen molar-refractivity contribution in [2.45, 2.75) is 32.7 Å². The molecule has 3 rings (SSSR count). The minimum absolute atomic E-state index is 0.0687. The Hall–Kier alpha value is -2.80. The van der Waals surface area contributed by atoms with Gasteiger partial charge in [0, 0.05) is 24.9 Å². The van der Waals surface area contributed by atoms with Gasteiger partial charge in [-0.2, -0.15) is 0 Å². The average Bonchev–Trinajstić information content (AvgIpc) is 3.07. The van der Waals surface area contributed by atoms with Gasteiger partial charge in [0.2, 0.25) is 11.8 Å². The molecule has 3 aromatic rings. The van der Waals surface area contributed by atoms with E-state index in [-0.39, 0.29) is 24.2 Å². The summed E-state index contributed by atoms with van der Waals surface area (Å²) in [4.78, 5) is 27.9. The van der Waals surface area contributed by atoms with E-state index in [1.807, 2.05) is 18.2 Å². The smallest absolute Gasteiger partial charge is 0.225 e. The Bertz CT molecular complexity index is 971. The van der Waals surface area contributed by atoms with Gasteiger partial charge in [-0.1, -0.05) is 42.5 Å². The molecule has 5 nitrogen and oxygen atoms in total. The fourth-order valence-corrected chi connectivity index (χ4v) is 3.51. The molecule has 140 valence electrons. The van der Waals surface area contributed by atoms with Gasteiger partial charge < -0.3 is 10.6 Å². The van der Waals surface area contributed by atoms with Gasteiger partial charge in [-0.25, -0.2) is 9.37 Å². The molecule has 0 aliphatic rings. The number of rotatable bonds is 7. The van der Waals surface area contributed by atoms with Crippen LogP contribution >= 0.6 is 11.3 Å². The average molecular weight is 385 g/mol. The summed E-state index contributed by atoms with van der Waals surface area (Å²) >= 11 is 1.41. The van der Waals surface area contributed by atoms with Crippen molar-refractivity contribution in [1.29, 1.82) is 0 Å². The molecule has 27 heavy (non-hydrogen) atoms. The van der Waals surface area contributed by atoms with Crippen LogP contribution in [0.5, 0.6) is 0 Å². The van der Waals surface area contributed by atoms with E-state index in [9.17, 15) is 14.0 Å². The number of amides is 2. The lowest BCUT2D eigenvalue weighted by Crippen LogP contribution is -2.23. The standard InChI is InChI=1S/C20H20FN3O2S/c1-2-18(25)24-20-23-16-9-7-13(11-17(16)27-20)8-10-19(26)22-12-14-5-3-4-6-15(14)21/h3-7,9,11H,2,8,10,12H2,1H3,(H,22,26)(H,23,24,25). The van der Waals surface area contributed by atoms with Crippen LogP contribution in [0.1, 0.15) is 30.9 Å². The van der Waals surface area contributed by atoms with Crippen molar-refractivity contribution in [3.8, 4) is 0 Å². The van der Waals surface area contributed by atoms with Crippen LogP contribution in [0, 0.1) is 5.82 Å². The molecular formula is C20H20FN3O2S. The molecule has 0 radical (unpaired) electrons. The summed E-state index contributed by atoms with van der Waals surface area (Å²) in [6.07, 6.45) is 1.30. The van der Waals surface area contributed by atoms with E-state index in [4.69, 9.17) is 0 Å². The van der Waals surface area contributed by atoms with Gasteiger partial charge in [-0.15, -0.1) is 0 Å². The summed E-state index contributed by atoms with van der Waals surface area (Å²) in [5, 5.41) is 6.08. The predicted molar refractivity (Wildman–Crippen MR) is 105 cm³/mol. The molecule has 0 saturated heterocycles. The number of hydrogen-bond acceptors (Lipinski definition) is 4. The summed E-state index contributed by atoms with van der Waals surface area (Å²) in [5.74, 6) is -0.515. The van der Waals surface area contributed by atoms with Crippen LogP contribution < -0.4 is 10.6 Å². The Morgan fingerprint density at radius 3 is 2.74 bits per heavy atom. The maximum atomic E-state index is 13.6. The third-order valence-electron chi connectivity index (χ3n) is 4.09. The molecule has 1 aromatic heterocycles. The van der Waals surface area contributed by atoms with Crippen LogP contribution in [0.3, 0.4) is 0 Å². The third-order valence-corrected chi connectivity index (χ3v) is 5.03. The topological polar surface area (TPSA) is 71.1 Å². The zero-order valence-corrected chi connectivity index (χ0v) is 15.7. The quantitative estimate of drug-likeness (QED) is 0.645. The molecule has 2 N–H and O–H groups in total. The van der Waals surface area contributed by atoms with Crippen molar-refractivity contribution < 1.29 is 14.0 Å². The summed E-state index contributed by atoms with van der Waals surface area (Å²) in [7, 11) is 0. The maximum Gasteiger partial charge on any atom is 0.225 e. The van der Waals surface area contributed by atoms with Crippen LogP contribution in [-0.2, 0) is 22.6 Å². The highest BCUT2D eigenvalue weighted by molar-refractivity contribution is 7.22. The molecule has 0 bridgehead atoms. The third kappa shape index (κ3) is 5.10. The van der Waals surface area contributed by atoms with Gasteiger partial charge in [0.25, 0.3) is 0 Å². The fraction of sp³-hybridized carbons (Fsp3) is 0.250. The van der Waals surface area contributed by atoms with Gasteiger partial charge in [0.1, 0.15) is 5.82 Å². The molecule has 0 saturated carbocycles. The number of benzene rings is 2. The minimum atomic E-state index is -0.320. The number of fused-ring (bicyclic) bond motifs is 1. The molecule has 0 aliphatic carbocycles. The van der Waals surface area contributed by atoms with Crippen molar-refractivity contribution in [2.24, 2.45) is 0 Å². The van der Waals surface area contributed by atoms with Gasteiger partial charge in [-0.3, -0.25) is 9.59 Å². The van der Waals surface area contributed by atoms with Crippen LogP contribution in [0.25, 0.3) is 10.2 Å². The second kappa shape index (κ2) is 8.73. The predicted octanol–water partition coefficient (Wildman–Crippen LogP) is 4.03. The van der Waals surface area contributed by atoms with E-state index in [0.717, 1.165) is 15.8 Å². The maximum absolute atomic E-state index is 13.6. The van der Waals surface area contributed by atoms with E-state index >= 15 is 0 Å². The van der Waals surface area contributed by atoms with Crippen molar-refractivity contribution in [2.75, 3.05) is 5.32 Å². The zero-order valence-electron chi connectivity index (χ0n) is 14.9. The van der Waals surface area contributed by atoms with Crippen LogP contribution in [0.4, 0.5) is 9.52 Å². The molecule has 0 atom stereocenters. The highest BCUT2D eigenvalue weighted by Gasteiger charge is 2.09. The van der Waals surface area contributed by atoms with Gasteiger partial charge >= 0.3 is 0 Å². The first-order valence-electron chi connectivity index (χ1n) is 8.74. The summed E-state index contributed by atoms with van der Waals surface area (Å²) in [6.45, 7) is 1.97. The van der Waals surface area contributed by atoms with Crippen molar-refractivity contribution in [1.82, 2.24) is 10.3 Å². The molecule has 1 heterocycles. The fourth-order valence-electron chi connectivity index (χ4n) is 2.57. The second-order valence-corrected chi connectivity index (χ2v) is 7.12. The number of halogens is 1. The number of carbonyl (C=O) groups excluding carboxylic acids is 2. The van der Waals surface area contributed by atoms with Crippen LogP contribution in [0.15, 0.2) is 42.5 Å². The summed E-state index contributed by atoms with van der Waals surface area (Å²) in [6, 6.07) is 12.2. The Kier molecular flexibility index (Phi) is 6.13. The Morgan fingerprint density at radius 1 is 1.15 bits per heavy atom. The van der Waals surface area contributed by atoms with E-state index in [0.29, 0.717) is 30.0 Å². The number of hydrogen-bond donors (Lipinski definition) is 2. The van der Waals surface area contributed by atoms with E-state index < -0.39 is 0 Å². The van der Waals surface area contributed by atoms with Crippen molar-refractivity contribution in [3.05, 3.63) is 59.4 Å². The van der Waals surface area contributed by atoms with Gasteiger partial charge in [0.15, 0.2) is 5.13 Å². The number of aryl methyl sites for hydroxylation is 1.